The van der Waals surface area contributed by atoms with Crippen LogP contribution in [0.2, 0.25) is 0 Å². The summed E-state index contributed by atoms with van der Waals surface area (Å²) in [6.07, 6.45) is 0. The Hall–Kier alpha value is -3.35. The maximum Gasteiger partial charge on any atom is 0.339 e. The number of nitrogens with zero attached hydrogens (tertiary/aromatic N) is 1. The van der Waals surface area contributed by atoms with Crippen LogP contribution < -0.4 is 15.0 Å². The lowest BCUT2D eigenvalue weighted by Gasteiger charge is -2.28. The lowest BCUT2D eigenvalue weighted by molar-refractivity contribution is -0.123. The molecule has 2 amide bonds. The van der Waals surface area contributed by atoms with Crippen LogP contribution in [0.1, 0.15) is 10.4 Å². The summed E-state index contributed by atoms with van der Waals surface area (Å²) in [7, 11) is 1.27. The summed E-state index contributed by atoms with van der Waals surface area (Å²) >= 11 is 0. The summed E-state index contributed by atoms with van der Waals surface area (Å²) in [5.74, 6) is -0.745. The molecule has 128 valence electrons. The van der Waals surface area contributed by atoms with E-state index in [0.29, 0.717) is 17.1 Å². The summed E-state index contributed by atoms with van der Waals surface area (Å²) in [5.41, 5.74) is 1.11. The molecule has 0 unspecified atom stereocenters. The number of carbonyl (C=O) groups excluding carboxylic acids is 3. The quantitative estimate of drug-likeness (QED) is 0.859. The molecule has 0 saturated carbocycles. The molecule has 7 nitrogen and oxygen atoms in total. The molecule has 2 aromatic rings. The molecule has 0 radical (unpaired) electrons. The second-order valence-corrected chi connectivity index (χ2v) is 5.32. The van der Waals surface area contributed by atoms with Crippen LogP contribution in [0.3, 0.4) is 0 Å². The minimum atomic E-state index is -0.552. The van der Waals surface area contributed by atoms with Gasteiger partial charge >= 0.3 is 5.97 Å². The number of benzene rings is 2. The van der Waals surface area contributed by atoms with Crippen molar-refractivity contribution in [1.29, 1.82) is 0 Å². The number of hydrogen-bond donors (Lipinski definition) is 1. The van der Waals surface area contributed by atoms with Gasteiger partial charge in [0.1, 0.15) is 12.3 Å². The van der Waals surface area contributed by atoms with Gasteiger partial charge in [0.25, 0.3) is 5.91 Å². The third-order valence-corrected chi connectivity index (χ3v) is 3.72. The number of para-hydroxylation sites is 3. The number of esters is 1. The Kier molecular flexibility index (Phi) is 4.65. The molecule has 3 rings (SSSR count). The van der Waals surface area contributed by atoms with Crippen molar-refractivity contribution in [3.05, 3.63) is 54.1 Å². The van der Waals surface area contributed by atoms with Gasteiger partial charge < -0.3 is 14.8 Å². The number of methoxy groups -OCH3 is 1. The van der Waals surface area contributed by atoms with E-state index in [0.717, 1.165) is 0 Å². The Morgan fingerprint density at radius 2 is 1.88 bits per heavy atom. The van der Waals surface area contributed by atoms with Crippen molar-refractivity contribution >= 4 is 29.2 Å². The number of amides is 2. The third-order valence-electron chi connectivity index (χ3n) is 3.72. The molecule has 1 aliphatic rings. The third kappa shape index (κ3) is 3.45. The zero-order valence-electron chi connectivity index (χ0n) is 13.5. The Morgan fingerprint density at radius 1 is 1.16 bits per heavy atom. The zero-order valence-corrected chi connectivity index (χ0v) is 13.5. The van der Waals surface area contributed by atoms with Crippen molar-refractivity contribution in [1.82, 2.24) is 0 Å². The van der Waals surface area contributed by atoms with Crippen LogP contribution >= 0.6 is 0 Å². The van der Waals surface area contributed by atoms with Crippen molar-refractivity contribution in [3.63, 3.8) is 0 Å². The molecule has 2 aromatic carbocycles. The van der Waals surface area contributed by atoms with Gasteiger partial charge in [0, 0.05) is 0 Å². The number of ether oxygens (including phenoxy) is 2. The highest BCUT2D eigenvalue weighted by molar-refractivity contribution is 6.07. The van der Waals surface area contributed by atoms with Crippen LogP contribution in [0.15, 0.2) is 48.5 Å². The highest BCUT2D eigenvalue weighted by atomic mass is 16.5. The molecule has 0 spiro atoms. The van der Waals surface area contributed by atoms with Crippen LogP contribution in [0.25, 0.3) is 0 Å². The molecule has 0 fully saturated rings. The zero-order chi connectivity index (χ0) is 17.8. The van der Waals surface area contributed by atoms with E-state index in [4.69, 9.17) is 9.47 Å². The molecule has 7 heteroatoms. The van der Waals surface area contributed by atoms with Crippen LogP contribution in [-0.2, 0) is 14.3 Å². The molecule has 0 bridgehead atoms. The van der Waals surface area contributed by atoms with Crippen LogP contribution in [-0.4, -0.2) is 38.0 Å². The van der Waals surface area contributed by atoms with Gasteiger partial charge in [-0.1, -0.05) is 24.3 Å². The maximum atomic E-state index is 12.4. The van der Waals surface area contributed by atoms with E-state index in [1.807, 2.05) is 0 Å². The number of anilines is 2. The summed E-state index contributed by atoms with van der Waals surface area (Å²) < 4.78 is 10.0. The smallest absolute Gasteiger partial charge is 0.339 e. The monoisotopic (exact) mass is 340 g/mol. The highest BCUT2D eigenvalue weighted by Crippen LogP contribution is 2.31. The fraction of sp³-hybridized carbons (Fsp3) is 0.167. The summed E-state index contributed by atoms with van der Waals surface area (Å²) in [6, 6.07) is 13.5. The summed E-state index contributed by atoms with van der Waals surface area (Å²) in [5, 5.41) is 2.65. The van der Waals surface area contributed by atoms with Gasteiger partial charge in [-0.15, -0.1) is 0 Å². The molecule has 1 N–H and O–H groups in total. The number of hydrogen-bond acceptors (Lipinski definition) is 5. The van der Waals surface area contributed by atoms with E-state index in [1.165, 1.54) is 12.0 Å². The van der Waals surface area contributed by atoms with Gasteiger partial charge in [0.15, 0.2) is 6.61 Å². The van der Waals surface area contributed by atoms with E-state index in [9.17, 15) is 14.4 Å². The number of nitrogens with one attached hydrogen (secondary N) is 1. The minimum Gasteiger partial charge on any atom is -0.482 e. The van der Waals surface area contributed by atoms with Gasteiger partial charge in [-0.2, -0.15) is 0 Å². The number of fused-ring (bicyclic) bond motifs is 1. The van der Waals surface area contributed by atoms with Crippen LogP contribution in [0.4, 0.5) is 11.4 Å². The van der Waals surface area contributed by atoms with E-state index in [2.05, 4.69) is 5.32 Å². The second-order valence-electron chi connectivity index (χ2n) is 5.32. The first-order valence-corrected chi connectivity index (χ1v) is 7.59. The van der Waals surface area contributed by atoms with E-state index >= 15 is 0 Å². The molecule has 0 aliphatic carbocycles. The lowest BCUT2D eigenvalue weighted by Crippen LogP contribution is -2.43. The predicted molar refractivity (Wildman–Crippen MR) is 90.7 cm³/mol. The Bertz CT molecular complexity index is 834. The first-order chi connectivity index (χ1) is 12.1. The Balaban J connectivity index is 1.78. The van der Waals surface area contributed by atoms with Crippen molar-refractivity contribution in [3.8, 4) is 5.75 Å². The topological polar surface area (TPSA) is 84.9 Å². The van der Waals surface area contributed by atoms with Crippen molar-refractivity contribution in [2.24, 2.45) is 0 Å². The van der Waals surface area contributed by atoms with Crippen molar-refractivity contribution in [2.45, 2.75) is 0 Å². The Morgan fingerprint density at radius 3 is 2.68 bits per heavy atom. The maximum absolute atomic E-state index is 12.4. The summed E-state index contributed by atoms with van der Waals surface area (Å²) in [4.78, 5) is 37.6. The molecule has 0 atom stereocenters. The fourth-order valence-corrected chi connectivity index (χ4v) is 2.54. The molecule has 1 aliphatic heterocycles. The van der Waals surface area contributed by atoms with Gasteiger partial charge in [-0.25, -0.2) is 4.79 Å². The van der Waals surface area contributed by atoms with Crippen molar-refractivity contribution < 1.29 is 23.9 Å². The lowest BCUT2D eigenvalue weighted by atomic mass is 10.1. The predicted octanol–water partition coefficient (Wildman–Crippen LogP) is 1.84. The second kappa shape index (κ2) is 7.04. The molecule has 0 aromatic heterocycles. The van der Waals surface area contributed by atoms with Gasteiger partial charge in [-0.05, 0) is 24.3 Å². The van der Waals surface area contributed by atoms with E-state index in [-0.39, 0.29) is 24.6 Å². The highest BCUT2D eigenvalue weighted by Gasteiger charge is 2.27. The average Bonchev–Trinajstić information content (AvgIpc) is 2.64. The first kappa shape index (κ1) is 16.5. The normalized spacial score (nSPS) is 12.8. The fourth-order valence-electron chi connectivity index (χ4n) is 2.54. The average molecular weight is 340 g/mol. The number of carbonyl (C=O) groups is 3. The van der Waals surface area contributed by atoms with Gasteiger partial charge in [-0.3, -0.25) is 14.5 Å². The largest absolute Gasteiger partial charge is 0.482 e. The van der Waals surface area contributed by atoms with Gasteiger partial charge in [0.05, 0.1) is 24.0 Å². The number of rotatable bonds is 4. The molecule has 0 saturated heterocycles. The van der Waals surface area contributed by atoms with Crippen LogP contribution in [0, 0.1) is 0 Å². The SMILES string of the molecule is COC(=O)c1ccccc1NC(=O)CN1C(=O)COc2ccccc21. The Labute approximate surface area is 144 Å². The molecule has 1 heterocycles. The van der Waals surface area contributed by atoms with Crippen LogP contribution in [0.5, 0.6) is 5.75 Å². The summed E-state index contributed by atoms with van der Waals surface area (Å²) in [6.45, 7) is -0.308. The molecule has 25 heavy (non-hydrogen) atoms. The molecular weight excluding hydrogens is 324 g/mol. The van der Waals surface area contributed by atoms with Crippen molar-refractivity contribution in [2.75, 3.05) is 30.5 Å². The first-order valence-electron chi connectivity index (χ1n) is 7.59. The van der Waals surface area contributed by atoms with E-state index < -0.39 is 11.9 Å². The minimum absolute atomic E-state index is 0.122. The molecular formula is C18H16N2O5. The van der Waals surface area contributed by atoms with E-state index in [1.54, 1.807) is 48.5 Å². The van der Waals surface area contributed by atoms with Gasteiger partial charge in [0.2, 0.25) is 5.91 Å². The standard InChI is InChI=1S/C18H16N2O5/c1-24-18(23)12-6-2-3-7-13(12)19-16(21)10-20-14-8-4-5-9-15(14)25-11-17(20)22/h2-9H,10-11H2,1H3,(H,19,21).